The van der Waals surface area contributed by atoms with Crippen molar-refractivity contribution >= 4 is 93.0 Å². The zero-order valence-electron chi connectivity index (χ0n) is 31.1. The lowest BCUT2D eigenvalue weighted by atomic mass is 9.91. The van der Waals surface area contributed by atoms with E-state index >= 15 is 8.78 Å². The minimum Gasteiger partial charge on any atom is -0.307 e. The molecule has 0 saturated carbocycles. The zero-order valence-corrected chi connectivity index (χ0v) is 33.1. The molecule has 0 unspecified atom stereocenters. The highest BCUT2D eigenvalue weighted by atomic mass is 28.3. The highest BCUT2D eigenvalue weighted by Crippen LogP contribution is 2.48. The van der Waals surface area contributed by atoms with Crippen molar-refractivity contribution in [2.75, 3.05) is 9.80 Å². The van der Waals surface area contributed by atoms with Gasteiger partial charge in [0.2, 0.25) is 0 Å². The molecule has 0 aliphatic carbocycles. The van der Waals surface area contributed by atoms with Crippen LogP contribution in [0.1, 0.15) is 0 Å². The molecule has 8 aromatic rings. The van der Waals surface area contributed by atoms with E-state index in [-0.39, 0.29) is 11.4 Å². The van der Waals surface area contributed by atoms with Crippen molar-refractivity contribution in [2.24, 2.45) is 0 Å². The summed E-state index contributed by atoms with van der Waals surface area (Å²) < 4.78 is 61.4. The summed E-state index contributed by atoms with van der Waals surface area (Å²) in [5.74, 6) is -2.18. The largest absolute Gasteiger partial charge is 0.307 e. The molecule has 270 valence electrons. The van der Waals surface area contributed by atoms with Gasteiger partial charge in [0.15, 0.2) is 0 Å². The maximum Gasteiger partial charge on any atom is 0.147 e. The van der Waals surface area contributed by atoms with Crippen LogP contribution in [0.5, 0.6) is 0 Å². The summed E-state index contributed by atoms with van der Waals surface area (Å²) >= 11 is 0. The number of halogens is 4. The molecule has 0 radical (unpaired) electrons. The maximum absolute atomic E-state index is 15.8. The fourth-order valence-electron chi connectivity index (χ4n) is 7.51. The Labute approximate surface area is 315 Å². The van der Waals surface area contributed by atoms with Gasteiger partial charge in [-0.15, -0.1) is 0 Å². The van der Waals surface area contributed by atoms with E-state index < -0.39 is 39.4 Å². The third-order valence-electron chi connectivity index (χ3n) is 10.4. The summed E-state index contributed by atoms with van der Waals surface area (Å²) in [7, 11) is -3.28. The van der Waals surface area contributed by atoms with E-state index in [0.29, 0.717) is 22.7 Å². The number of rotatable bonds is 8. The summed E-state index contributed by atoms with van der Waals surface area (Å²) in [4.78, 5) is 3.57. The Morgan fingerprint density at radius 1 is 0.370 bits per heavy atom. The van der Waals surface area contributed by atoms with Gasteiger partial charge in [0, 0.05) is 34.3 Å². The lowest BCUT2D eigenvalue weighted by Gasteiger charge is -2.30. The average Bonchev–Trinajstić information content (AvgIpc) is 3.14. The van der Waals surface area contributed by atoms with Gasteiger partial charge < -0.3 is 9.80 Å². The molecule has 0 aliphatic heterocycles. The molecule has 8 rings (SSSR count). The maximum atomic E-state index is 15.8. The summed E-state index contributed by atoms with van der Waals surface area (Å²) in [5, 5.41) is 7.96. The van der Waals surface area contributed by atoms with Gasteiger partial charge in [0.25, 0.3) is 0 Å². The van der Waals surface area contributed by atoms with Crippen LogP contribution in [0.15, 0.2) is 133 Å². The van der Waals surface area contributed by atoms with Gasteiger partial charge in [-0.2, -0.15) is 0 Å². The SMILES string of the molecule is C[Si](C)(C)c1ccc(N(c2cc(F)ccc2F)c2ccc3ccc4c(N(c5ccc([Si](C)(C)C)cc5)c5cc(F)ccc5F)ccc5ccc2c3c54)cc1. The van der Waals surface area contributed by atoms with Gasteiger partial charge in [-0.1, -0.05) is 110 Å². The van der Waals surface area contributed by atoms with E-state index in [1.165, 1.54) is 22.5 Å². The first-order valence-electron chi connectivity index (χ1n) is 18.1. The van der Waals surface area contributed by atoms with Gasteiger partial charge in [-0.05, 0) is 82.2 Å². The average molecular weight is 753 g/mol. The van der Waals surface area contributed by atoms with Crippen molar-refractivity contribution < 1.29 is 17.6 Å². The van der Waals surface area contributed by atoms with Crippen molar-refractivity contribution in [3.05, 3.63) is 157 Å². The first-order valence-corrected chi connectivity index (χ1v) is 25.1. The molecular weight excluding hydrogens is 713 g/mol. The molecule has 0 amide bonds. The van der Waals surface area contributed by atoms with Crippen molar-refractivity contribution in [2.45, 2.75) is 39.3 Å². The third-order valence-corrected chi connectivity index (χ3v) is 14.5. The second-order valence-corrected chi connectivity index (χ2v) is 26.2. The summed E-state index contributed by atoms with van der Waals surface area (Å²) in [6, 6.07) is 39.3. The standard InChI is InChI=1S/C46H40F4N2Si2/c1-53(2,3)35-17-13-33(14-18-35)51(43-27-31(47)11-23-39(43)49)41-25-9-29-8-22-38-42(26-10-30-7-21-37(41)45(29)46(30)38)52(44-28-32(48)12-24-40(44)50)34-15-19-36(20-16-34)54(4,5)6/h7-28H,1-6H3. The van der Waals surface area contributed by atoms with Crippen LogP contribution in [0.4, 0.5) is 51.7 Å². The van der Waals surface area contributed by atoms with E-state index in [2.05, 4.69) is 63.5 Å². The molecule has 54 heavy (non-hydrogen) atoms. The number of hydrogen-bond acceptors (Lipinski definition) is 2. The van der Waals surface area contributed by atoms with Gasteiger partial charge in [-0.3, -0.25) is 0 Å². The molecule has 2 nitrogen and oxygen atoms in total. The Balaban J connectivity index is 1.39. The number of anilines is 6. The molecule has 0 saturated heterocycles. The fraction of sp³-hybridized carbons (Fsp3) is 0.130. The van der Waals surface area contributed by atoms with Crippen molar-refractivity contribution in [1.82, 2.24) is 0 Å². The quantitative estimate of drug-likeness (QED) is 0.0866. The highest BCUT2D eigenvalue weighted by molar-refractivity contribution is 6.89. The van der Waals surface area contributed by atoms with Crippen LogP contribution in [0.2, 0.25) is 39.3 Å². The Bertz CT molecular complexity index is 2490. The Hall–Kier alpha value is -5.45. The molecule has 0 N–H and O–H groups in total. The van der Waals surface area contributed by atoms with Crippen LogP contribution in [-0.4, -0.2) is 16.1 Å². The molecule has 0 bridgehead atoms. The monoisotopic (exact) mass is 752 g/mol. The van der Waals surface area contributed by atoms with Gasteiger partial charge in [0.1, 0.15) is 23.3 Å². The summed E-state index contributed by atoms with van der Waals surface area (Å²) in [6.07, 6.45) is 0. The van der Waals surface area contributed by atoms with Crippen molar-refractivity contribution in [1.29, 1.82) is 0 Å². The van der Waals surface area contributed by atoms with Gasteiger partial charge in [-0.25, -0.2) is 17.6 Å². The second kappa shape index (κ2) is 13.1. The number of nitrogens with zero attached hydrogens (tertiary/aromatic N) is 2. The molecule has 8 heteroatoms. The van der Waals surface area contributed by atoms with Gasteiger partial charge >= 0.3 is 0 Å². The van der Waals surface area contributed by atoms with Crippen molar-refractivity contribution in [3.63, 3.8) is 0 Å². The lowest BCUT2D eigenvalue weighted by molar-refractivity contribution is 0.601. The van der Waals surface area contributed by atoms with E-state index in [0.717, 1.165) is 56.6 Å². The highest BCUT2D eigenvalue weighted by Gasteiger charge is 2.26. The van der Waals surface area contributed by atoms with Crippen LogP contribution in [0.25, 0.3) is 32.3 Å². The molecule has 8 aromatic carbocycles. The van der Waals surface area contributed by atoms with Gasteiger partial charge in [0.05, 0.1) is 38.9 Å². The van der Waals surface area contributed by atoms with E-state index in [1.807, 2.05) is 72.8 Å². The molecular formula is C46H40F4N2Si2. The topological polar surface area (TPSA) is 6.48 Å². The molecule has 0 aromatic heterocycles. The smallest absolute Gasteiger partial charge is 0.147 e. The Morgan fingerprint density at radius 3 is 1.07 bits per heavy atom. The predicted octanol–water partition coefficient (Wildman–Crippen LogP) is 13.2. The van der Waals surface area contributed by atoms with Crippen LogP contribution in [-0.2, 0) is 0 Å². The lowest BCUT2D eigenvalue weighted by Crippen LogP contribution is -2.37. The Kier molecular flexibility index (Phi) is 8.66. The second-order valence-electron chi connectivity index (χ2n) is 16.0. The first kappa shape index (κ1) is 35.6. The van der Waals surface area contributed by atoms with E-state index in [1.54, 1.807) is 9.80 Å². The summed E-state index contributed by atoms with van der Waals surface area (Å²) in [6.45, 7) is 13.6. The Morgan fingerprint density at radius 2 is 0.722 bits per heavy atom. The minimum absolute atomic E-state index is 0.0981. The van der Waals surface area contributed by atoms with Crippen LogP contribution < -0.4 is 20.2 Å². The van der Waals surface area contributed by atoms with Crippen LogP contribution in [0, 0.1) is 23.3 Å². The summed E-state index contributed by atoms with van der Waals surface area (Å²) in [5.41, 5.74) is 2.96. The molecule has 0 atom stereocenters. The number of benzene rings is 8. The zero-order chi connectivity index (χ0) is 38.1. The van der Waals surface area contributed by atoms with Crippen LogP contribution in [0.3, 0.4) is 0 Å². The first-order chi connectivity index (χ1) is 25.7. The van der Waals surface area contributed by atoms with E-state index in [4.69, 9.17) is 0 Å². The normalized spacial score (nSPS) is 12.3. The molecule has 0 heterocycles. The van der Waals surface area contributed by atoms with E-state index in [9.17, 15) is 8.78 Å². The predicted molar refractivity (Wildman–Crippen MR) is 225 cm³/mol. The number of hydrogen-bond donors (Lipinski definition) is 0. The van der Waals surface area contributed by atoms with Crippen LogP contribution >= 0.6 is 0 Å². The molecule has 0 spiro atoms. The third kappa shape index (κ3) is 6.23. The van der Waals surface area contributed by atoms with Crippen molar-refractivity contribution in [3.8, 4) is 0 Å². The molecule has 0 fully saturated rings. The fourth-order valence-corrected chi connectivity index (χ4v) is 9.84. The minimum atomic E-state index is -1.64. The molecule has 0 aliphatic rings.